The van der Waals surface area contributed by atoms with Gasteiger partial charge in [0.15, 0.2) is 0 Å². The van der Waals surface area contributed by atoms with Gasteiger partial charge in [0.1, 0.15) is 24.2 Å². The first-order valence-corrected chi connectivity index (χ1v) is 23.0. The second-order valence-corrected chi connectivity index (χ2v) is 18.4. The molecule has 7 N–H and O–H groups in total. The van der Waals surface area contributed by atoms with Crippen LogP contribution in [0.15, 0.2) is 65.5 Å². The summed E-state index contributed by atoms with van der Waals surface area (Å²) in [5.41, 5.74) is 15.0. The van der Waals surface area contributed by atoms with Crippen LogP contribution in [0.4, 0.5) is 0 Å². The van der Waals surface area contributed by atoms with Crippen molar-refractivity contribution in [2.24, 2.45) is 30.4 Å². The molecule has 8 rings (SSSR count). The molecule has 344 valence electrons. The summed E-state index contributed by atoms with van der Waals surface area (Å²) in [6.07, 6.45) is 6.58. The Morgan fingerprint density at radius 3 is 2.38 bits per heavy atom. The van der Waals surface area contributed by atoms with Crippen LogP contribution in [0.1, 0.15) is 94.2 Å². The number of aryl methyl sites for hydroxylation is 1. The van der Waals surface area contributed by atoms with Gasteiger partial charge in [-0.05, 0) is 110 Å². The van der Waals surface area contributed by atoms with Crippen LogP contribution < -0.4 is 33.1 Å². The molecule has 17 nitrogen and oxygen atoms in total. The van der Waals surface area contributed by atoms with E-state index in [-0.39, 0.29) is 68.2 Å². The molecule has 0 spiro atoms. The summed E-state index contributed by atoms with van der Waals surface area (Å²) in [6.45, 7) is 0.651. The molecule has 4 fully saturated rings. The topological polar surface area (TPSA) is 241 Å². The maximum atomic E-state index is 13.9. The Labute approximate surface area is 376 Å². The minimum absolute atomic E-state index is 0.00492. The highest BCUT2D eigenvalue weighted by atomic mass is 16.2. The van der Waals surface area contributed by atoms with Gasteiger partial charge < -0.3 is 31.9 Å². The molecule has 0 bridgehead atoms. The van der Waals surface area contributed by atoms with Gasteiger partial charge in [0.2, 0.25) is 41.4 Å². The molecule has 1 saturated carbocycles. The summed E-state index contributed by atoms with van der Waals surface area (Å²) in [5.74, 6) is -2.20. The average molecular weight is 890 g/mol. The van der Waals surface area contributed by atoms with Crippen LogP contribution in [0.2, 0.25) is 0 Å². The van der Waals surface area contributed by atoms with Crippen LogP contribution in [0.5, 0.6) is 0 Å². The number of primary amides is 1. The van der Waals surface area contributed by atoms with Crippen LogP contribution in [-0.4, -0.2) is 97.5 Å². The Hall–Kier alpha value is -6.36. The lowest BCUT2D eigenvalue weighted by Crippen LogP contribution is -2.60. The van der Waals surface area contributed by atoms with E-state index >= 15 is 0 Å². The maximum Gasteiger partial charge on any atom is 0.329 e. The van der Waals surface area contributed by atoms with Crippen molar-refractivity contribution >= 4 is 63.2 Å². The van der Waals surface area contributed by atoms with Gasteiger partial charge in [-0.2, -0.15) is 0 Å². The van der Waals surface area contributed by atoms with E-state index in [1.54, 1.807) is 21.4 Å². The van der Waals surface area contributed by atoms with Crippen LogP contribution in [0, 0.1) is 11.8 Å². The van der Waals surface area contributed by atoms with Crippen LogP contribution >= 0.6 is 0 Å². The fourth-order valence-electron chi connectivity index (χ4n) is 10.6. The van der Waals surface area contributed by atoms with Crippen LogP contribution in [-0.2, 0) is 53.6 Å². The number of hydrogen-bond donors (Lipinski definition) is 5. The summed E-state index contributed by atoms with van der Waals surface area (Å²) in [7, 11) is 1.69. The Kier molecular flexibility index (Phi) is 13.5. The summed E-state index contributed by atoms with van der Waals surface area (Å²) in [5, 5.41) is 10.1. The molecule has 5 atom stereocenters. The lowest BCUT2D eigenvalue weighted by atomic mass is 9.78. The molecule has 4 aliphatic rings. The van der Waals surface area contributed by atoms with Gasteiger partial charge >= 0.3 is 5.69 Å². The van der Waals surface area contributed by atoms with E-state index in [0.717, 1.165) is 59.5 Å². The fourth-order valence-corrected chi connectivity index (χ4v) is 10.6. The molecule has 4 aromatic rings. The maximum absolute atomic E-state index is 13.9. The summed E-state index contributed by atoms with van der Waals surface area (Å²) < 4.78 is 3.04. The van der Waals surface area contributed by atoms with Crippen molar-refractivity contribution in [1.29, 1.82) is 0 Å². The van der Waals surface area contributed by atoms with Crippen LogP contribution in [0.3, 0.4) is 0 Å². The number of amides is 7. The number of nitrogens with one attached hydrogen (secondary N) is 3. The summed E-state index contributed by atoms with van der Waals surface area (Å²) >= 11 is 0. The highest BCUT2D eigenvalue weighted by Gasteiger charge is 2.45. The van der Waals surface area contributed by atoms with E-state index in [1.165, 1.54) is 4.57 Å². The smallest absolute Gasteiger partial charge is 0.329 e. The third-order valence-electron chi connectivity index (χ3n) is 14.2. The first-order valence-electron chi connectivity index (χ1n) is 23.0. The number of piperidine rings is 1. The Morgan fingerprint density at radius 1 is 0.862 bits per heavy atom. The predicted molar refractivity (Wildman–Crippen MR) is 241 cm³/mol. The van der Waals surface area contributed by atoms with Crippen molar-refractivity contribution in [2.45, 2.75) is 120 Å². The zero-order valence-corrected chi connectivity index (χ0v) is 36.8. The molecule has 1 aromatic heterocycles. The largest absolute Gasteiger partial charge is 0.370 e. The third kappa shape index (κ3) is 9.84. The molecule has 17 heteroatoms. The minimum atomic E-state index is -1.06. The van der Waals surface area contributed by atoms with E-state index < -0.39 is 53.7 Å². The number of nitrogens with zero attached hydrogens (tertiary/aromatic N) is 4. The van der Waals surface area contributed by atoms with Crippen molar-refractivity contribution in [3.05, 3.63) is 82.3 Å². The number of imidazole rings is 1. The molecular weight excluding hydrogens is 831 g/mol. The molecular formula is C48H59N9O8. The number of rotatable bonds is 13. The molecule has 3 aromatic carbocycles. The van der Waals surface area contributed by atoms with Crippen molar-refractivity contribution in [3.8, 4) is 0 Å². The SMILES string of the molecule is Cn1c(=O)n(C2CCC(=O)NC2=O)c2ccc(C[C@H]3CC[C@@H](CC(=O)N4CC[C@H]5CC[C@@H](C(=O)N[C@@H](CCC(N)=O)C(=O)NCc6cccc7ccccc67)N5C(=O)[C@@H](N)C4)CC3)cc21. The van der Waals surface area contributed by atoms with Gasteiger partial charge in [-0.15, -0.1) is 0 Å². The van der Waals surface area contributed by atoms with Crippen molar-refractivity contribution in [3.63, 3.8) is 0 Å². The average Bonchev–Trinajstić information content (AvgIpc) is 3.82. The Bertz CT molecular complexity index is 2570. The van der Waals surface area contributed by atoms with Gasteiger partial charge in [0.25, 0.3) is 0 Å². The minimum Gasteiger partial charge on any atom is -0.370 e. The Balaban J connectivity index is 0.831. The summed E-state index contributed by atoms with van der Waals surface area (Å²) in [6, 6.07) is 15.6. The molecule has 0 radical (unpaired) electrons. The number of imide groups is 1. The molecule has 1 unspecified atom stereocenters. The zero-order chi connectivity index (χ0) is 45.9. The quantitative estimate of drug-likeness (QED) is 0.124. The molecule has 65 heavy (non-hydrogen) atoms. The second-order valence-electron chi connectivity index (χ2n) is 18.4. The van der Waals surface area contributed by atoms with Gasteiger partial charge in [-0.1, -0.05) is 48.5 Å². The highest BCUT2D eigenvalue weighted by Crippen LogP contribution is 2.35. The van der Waals surface area contributed by atoms with Gasteiger partial charge in [-0.3, -0.25) is 48.0 Å². The van der Waals surface area contributed by atoms with Crippen LogP contribution in [0.25, 0.3) is 21.8 Å². The normalized spacial score (nSPS) is 24.2. The van der Waals surface area contributed by atoms with E-state index in [4.69, 9.17) is 11.5 Å². The van der Waals surface area contributed by atoms with E-state index in [2.05, 4.69) is 16.0 Å². The number of fused-ring (bicyclic) bond motifs is 3. The number of benzene rings is 3. The number of nitrogens with two attached hydrogens (primary N) is 2. The number of aromatic nitrogens is 2. The fraction of sp³-hybridized carbons (Fsp3) is 0.500. The molecule has 1 aliphatic carbocycles. The zero-order valence-electron chi connectivity index (χ0n) is 36.8. The molecule has 3 saturated heterocycles. The molecule has 4 heterocycles. The van der Waals surface area contributed by atoms with Gasteiger partial charge in [0, 0.05) is 52.0 Å². The molecule has 7 amide bonds. The van der Waals surface area contributed by atoms with Gasteiger partial charge in [0.05, 0.1) is 11.0 Å². The standard InChI is InChI=1S/C48H59N9O8/c1-54-40-24-30(13-16-37(40)57(48(54)65)39-18-20-42(59)53-46(39)63)23-28-9-11-29(12-10-28)25-43(60)55-22-21-33-14-17-38(56(33)47(64)35(49)27-55)45(62)52-36(15-19-41(50)58)44(61)51-26-32-7-4-6-31-5-2-3-8-34(31)32/h2-8,13,16,24,28-29,33,35-36,38-39H,9-12,14-15,17-23,25-27,49H2,1H3,(H2,50,58)(H,51,61)(H,52,62)(H,53,59,63)/t28-,29+,33-,35+,36+,38+,39?/m1/s1. The van der Waals surface area contributed by atoms with E-state index in [0.29, 0.717) is 43.7 Å². The number of carbonyl (C=O) groups is 7. The van der Waals surface area contributed by atoms with E-state index in [1.807, 2.05) is 60.7 Å². The highest BCUT2D eigenvalue weighted by molar-refractivity contribution is 6.00. The first kappa shape index (κ1) is 45.2. The first-order chi connectivity index (χ1) is 31.2. The van der Waals surface area contributed by atoms with E-state index in [9.17, 15) is 38.4 Å². The molecule has 3 aliphatic heterocycles. The Morgan fingerprint density at radius 2 is 1.62 bits per heavy atom. The van der Waals surface area contributed by atoms with Gasteiger partial charge in [-0.25, -0.2) is 4.79 Å². The number of carbonyl (C=O) groups excluding carboxylic acids is 7. The summed E-state index contributed by atoms with van der Waals surface area (Å²) in [4.78, 5) is 108. The van der Waals surface area contributed by atoms with Crippen molar-refractivity contribution in [2.75, 3.05) is 13.1 Å². The lowest BCUT2D eigenvalue weighted by molar-refractivity contribution is -0.145. The third-order valence-corrected chi connectivity index (χ3v) is 14.2. The van der Waals surface area contributed by atoms with Crippen molar-refractivity contribution < 1.29 is 33.6 Å². The van der Waals surface area contributed by atoms with Crippen molar-refractivity contribution in [1.82, 2.24) is 34.9 Å². The lowest BCUT2D eigenvalue weighted by Gasteiger charge is -2.38. The number of hydrogen-bond acceptors (Lipinski definition) is 9. The second kappa shape index (κ2) is 19.4. The predicted octanol–water partition coefficient (Wildman–Crippen LogP) is 2.20. The monoisotopic (exact) mass is 889 g/mol.